The predicted octanol–water partition coefficient (Wildman–Crippen LogP) is 5.03. The summed E-state index contributed by atoms with van der Waals surface area (Å²) >= 11 is 0. The van der Waals surface area contributed by atoms with Crippen molar-refractivity contribution in [3.8, 4) is 5.75 Å². The first-order valence-electron chi connectivity index (χ1n) is 7.96. The van der Waals surface area contributed by atoms with Gasteiger partial charge in [-0.3, -0.25) is 0 Å². The van der Waals surface area contributed by atoms with Gasteiger partial charge in [-0.2, -0.15) is 0 Å². The molecule has 0 spiro atoms. The van der Waals surface area contributed by atoms with Crippen LogP contribution in [-0.4, -0.2) is 5.11 Å². The van der Waals surface area contributed by atoms with Crippen LogP contribution in [0.1, 0.15) is 67.2 Å². The molecule has 2 aromatic carbocycles. The fraction of sp³-hybridized carbons (Fsp3) is 0.474. The molecule has 20 heavy (non-hydrogen) atoms. The van der Waals surface area contributed by atoms with Gasteiger partial charge >= 0.3 is 0 Å². The Morgan fingerprint density at radius 3 is 2.75 bits per heavy atom. The van der Waals surface area contributed by atoms with E-state index >= 15 is 0 Å². The van der Waals surface area contributed by atoms with E-state index in [1.807, 2.05) is 6.07 Å². The molecule has 0 fully saturated rings. The first kappa shape index (κ1) is 12.3. The zero-order valence-electron chi connectivity index (χ0n) is 12.4. The summed E-state index contributed by atoms with van der Waals surface area (Å²) in [5.41, 5.74) is 5.84. The van der Waals surface area contributed by atoms with E-state index in [9.17, 15) is 5.11 Å². The third-order valence-electron chi connectivity index (χ3n) is 5.30. The molecule has 1 heteroatoms. The molecule has 0 saturated heterocycles. The molecule has 0 saturated carbocycles. The summed E-state index contributed by atoms with van der Waals surface area (Å²) in [4.78, 5) is 0. The molecule has 2 aliphatic rings. The Morgan fingerprint density at radius 2 is 1.95 bits per heavy atom. The van der Waals surface area contributed by atoms with Crippen LogP contribution in [-0.2, 0) is 12.8 Å². The Hall–Kier alpha value is -1.50. The first-order chi connectivity index (χ1) is 9.65. The SMILES string of the molecule is CC(C)c1cc2cc3c4c(c2cc1O)CCC[C@H]4CC3. The lowest BCUT2D eigenvalue weighted by Crippen LogP contribution is -2.07. The van der Waals surface area contributed by atoms with Gasteiger partial charge in [-0.25, -0.2) is 0 Å². The average Bonchev–Trinajstić information content (AvgIpc) is 2.84. The molecule has 2 aromatic rings. The van der Waals surface area contributed by atoms with Gasteiger partial charge in [0.05, 0.1) is 0 Å². The van der Waals surface area contributed by atoms with Gasteiger partial charge in [0.2, 0.25) is 0 Å². The van der Waals surface area contributed by atoms with Crippen LogP contribution in [0.25, 0.3) is 10.8 Å². The third kappa shape index (κ3) is 1.62. The first-order valence-corrected chi connectivity index (χ1v) is 7.96. The van der Waals surface area contributed by atoms with Crippen LogP contribution < -0.4 is 0 Å². The smallest absolute Gasteiger partial charge is 0.119 e. The van der Waals surface area contributed by atoms with E-state index in [-0.39, 0.29) is 0 Å². The highest BCUT2D eigenvalue weighted by Gasteiger charge is 2.29. The number of rotatable bonds is 1. The second kappa shape index (κ2) is 4.25. The minimum atomic E-state index is 0.372. The number of aryl methyl sites for hydroxylation is 2. The van der Waals surface area contributed by atoms with Gasteiger partial charge in [-0.1, -0.05) is 19.9 Å². The number of hydrogen-bond donors (Lipinski definition) is 1. The molecule has 1 nitrogen and oxygen atoms in total. The largest absolute Gasteiger partial charge is 0.508 e. The van der Waals surface area contributed by atoms with Crippen molar-refractivity contribution in [1.29, 1.82) is 0 Å². The summed E-state index contributed by atoms with van der Waals surface area (Å²) < 4.78 is 0. The van der Waals surface area contributed by atoms with Crippen molar-refractivity contribution in [1.82, 2.24) is 0 Å². The molecule has 0 heterocycles. The highest BCUT2D eigenvalue weighted by Crippen LogP contribution is 2.46. The van der Waals surface area contributed by atoms with Crippen molar-refractivity contribution >= 4 is 10.8 Å². The van der Waals surface area contributed by atoms with E-state index in [0.717, 1.165) is 11.5 Å². The summed E-state index contributed by atoms with van der Waals surface area (Å²) in [6.45, 7) is 4.29. The zero-order valence-corrected chi connectivity index (χ0v) is 12.4. The van der Waals surface area contributed by atoms with Crippen LogP contribution in [0, 0.1) is 0 Å². The zero-order chi connectivity index (χ0) is 13.9. The van der Waals surface area contributed by atoms with Crippen LogP contribution in [0.2, 0.25) is 0 Å². The lowest BCUT2D eigenvalue weighted by Gasteiger charge is -2.24. The fourth-order valence-corrected chi connectivity index (χ4v) is 4.34. The van der Waals surface area contributed by atoms with Gasteiger partial charge in [0.15, 0.2) is 0 Å². The van der Waals surface area contributed by atoms with Crippen molar-refractivity contribution < 1.29 is 5.11 Å². The van der Waals surface area contributed by atoms with Crippen LogP contribution >= 0.6 is 0 Å². The monoisotopic (exact) mass is 266 g/mol. The van der Waals surface area contributed by atoms with Crippen molar-refractivity contribution in [2.75, 3.05) is 0 Å². The van der Waals surface area contributed by atoms with E-state index in [2.05, 4.69) is 26.0 Å². The quantitative estimate of drug-likeness (QED) is 0.767. The molecule has 1 atom stereocenters. The van der Waals surface area contributed by atoms with Gasteiger partial charge < -0.3 is 5.11 Å². The maximum Gasteiger partial charge on any atom is 0.119 e. The standard InChI is InChI=1S/C19H22O/c1-11(2)16-9-14-8-13-7-6-12-4-3-5-15(19(12)13)17(14)10-18(16)20/h8-12,20H,3-7H2,1-2H3/t12-/m0/s1. The summed E-state index contributed by atoms with van der Waals surface area (Å²) in [7, 11) is 0. The molecule has 0 radical (unpaired) electrons. The maximum absolute atomic E-state index is 10.3. The van der Waals surface area contributed by atoms with Crippen LogP contribution in [0.5, 0.6) is 5.75 Å². The summed E-state index contributed by atoms with van der Waals surface area (Å²) in [5.74, 6) is 1.64. The molecule has 104 valence electrons. The minimum absolute atomic E-state index is 0.372. The summed E-state index contributed by atoms with van der Waals surface area (Å²) in [6.07, 6.45) is 6.45. The highest BCUT2D eigenvalue weighted by atomic mass is 16.3. The van der Waals surface area contributed by atoms with Gasteiger partial charge in [0, 0.05) is 0 Å². The number of phenols is 1. The van der Waals surface area contributed by atoms with Gasteiger partial charge in [0.25, 0.3) is 0 Å². The minimum Gasteiger partial charge on any atom is -0.508 e. The molecule has 0 amide bonds. The Bertz CT molecular complexity index is 697. The van der Waals surface area contributed by atoms with Gasteiger partial charge in [-0.15, -0.1) is 0 Å². The lowest BCUT2D eigenvalue weighted by atomic mass is 9.81. The van der Waals surface area contributed by atoms with Crippen molar-refractivity contribution in [3.63, 3.8) is 0 Å². The van der Waals surface area contributed by atoms with E-state index < -0.39 is 0 Å². The number of aromatic hydroxyl groups is 1. The molecular weight excluding hydrogens is 244 g/mol. The van der Waals surface area contributed by atoms with Crippen molar-refractivity contribution in [2.45, 2.75) is 57.8 Å². The number of phenolic OH excluding ortho intramolecular Hbond substituents is 1. The molecule has 2 aliphatic carbocycles. The number of fused-ring (bicyclic) bond motifs is 2. The van der Waals surface area contributed by atoms with Crippen LogP contribution in [0.15, 0.2) is 18.2 Å². The second-order valence-corrected chi connectivity index (χ2v) is 6.84. The molecule has 0 aliphatic heterocycles. The second-order valence-electron chi connectivity index (χ2n) is 6.84. The van der Waals surface area contributed by atoms with E-state index in [1.54, 1.807) is 11.1 Å². The normalized spacial score (nSPS) is 20.6. The molecule has 4 rings (SSSR count). The highest BCUT2D eigenvalue weighted by molar-refractivity contribution is 5.90. The Morgan fingerprint density at radius 1 is 1.10 bits per heavy atom. The maximum atomic E-state index is 10.3. The Balaban J connectivity index is 2.04. The van der Waals surface area contributed by atoms with Crippen molar-refractivity contribution in [2.24, 2.45) is 0 Å². The Kier molecular flexibility index (Phi) is 2.60. The van der Waals surface area contributed by atoms with Crippen LogP contribution in [0.3, 0.4) is 0 Å². The fourth-order valence-electron chi connectivity index (χ4n) is 4.34. The topological polar surface area (TPSA) is 20.2 Å². The molecular formula is C19H22O. The average molecular weight is 266 g/mol. The molecule has 0 unspecified atom stereocenters. The lowest BCUT2D eigenvalue weighted by molar-refractivity contribution is 0.465. The number of hydrogen-bond acceptors (Lipinski definition) is 1. The van der Waals surface area contributed by atoms with E-state index in [1.165, 1.54) is 48.4 Å². The van der Waals surface area contributed by atoms with E-state index in [0.29, 0.717) is 11.7 Å². The Labute approximate surface area is 120 Å². The van der Waals surface area contributed by atoms with Crippen LogP contribution in [0.4, 0.5) is 0 Å². The summed E-state index contributed by atoms with van der Waals surface area (Å²) in [6, 6.07) is 6.64. The summed E-state index contributed by atoms with van der Waals surface area (Å²) in [5, 5.41) is 13.0. The molecule has 0 aromatic heterocycles. The molecule has 0 bridgehead atoms. The number of benzene rings is 2. The predicted molar refractivity (Wildman–Crippen MR) is 83.7 cm³/mol. The third-order valence-corrected chi connectivity index (χ3v) is 5.30. The van der Waals surface area contributed by atoms with Crippen molar-refractivity contribution in [3.05, 3.63) is 40.5 Å². The van der Waals surface area contributed by atoms with Gasteiger partial charge in [0.1, 0.15) is 5.75 Å². The van der Waals surface area contributed by atoms with E-state index in [4.69, 9.17) is 0 Å². The van der Waals surface area contributed by atoms with Gasteiger partial charge in [-0.05, 0) is 89.1 Å². The molecule has 1 N–H and O–H groups in total.